The van der Waals surface area contributed by atoms with Crippen LogP contribution in [0.15, 0.2) is 27.5 Å². The molecule has 1 N–H and O–H groups in total. The minimum absolute atomic E-state index is 0.796. The summed E-state index contributed by atoms with van der Waals surface area (Å²) in [5, 5.41) is 5.47. The summed E-state index contributed by atoms with van der Waals surface area (Å²) >= 11 is 5.18. The molecule has 0 saturated carbocycles. The molecule has 94 valence electrons. The van der Waals surface area contributed by atoms with Crippen LogP contribution in [-0.4, -0.2) is 11.6 Å². The molecule has 0 saturated heterocycles. The molecule has 1 aromatic heterocycles. The molecule has 0 fully saturated rings. The molecule has 1 aliphatic heterocycles. The first kappa shape index (κ1) is 12.1. The van der Waals surface area contributed by atoms with Crippen LogP contribution in [0, 0.1) is 0 Å². The summed E-state index contributed by atoms with van der Waals surface area (Å²) in [7, 11) is 0. The van der Waals surface area contributed by atoms with Crippen LogP contribution in [-0.2, 0) is 19.5 Å². The molecule has 0 radical (unpaired) electrons. The van der Waals surface area contributed by atoms with Crippen molar-refractivity contribution in [2.45, 2.75) is 19.5 Å². The van der Waals surface area contributed by atoms with Crippen LogP contribution in [0.25, 0.3) is 0 Å². The van der Waals surface area contributed by atoms with Gasteiger partial charge in [-0.15, -0.1) is 11.3 Å². The van der Waals surface area contributed by atoms with Gasteiger partial charge in [-0.1, -0.05) is 15.9 Å². The molecule has 3 nitrogen and oxygen atoms in total. The number of fused-ring (bicyclic) bond motifs is 1. The van der Waals surface area contributed by atoms with Gasteiger partial charge in [0, 0.05) is 34.9 Å². The Balaban J connectivity index is 1.69. The Morgan fingerprint density at radius 3 is 3.17 bits per heavy atom. The lowest BCUT2D eigenvalue weighted by Crippen LogP contribution is -2.13. The fourth-order valence-corrected chi connectivity index (χ4v) is 3.24. The van der Waals surface area contributed by atoms with E-state index in [1.807, 2.05) is 5.51 Å². The van der Waals surface area contributed by atoms with Crippen molar-refractivity contribution in [3.63, 3.8) is 0 Å². The smallest absolute Gasteiger partial charge is 0.127 e. The minimum Gasteiger partial charge on any atom is -0.493 e. The highest BCUT2D eigenvalue weighted by Crippen LogP contribution is 2.32. The molecule has 0 unspecified atom stereocenters. The van der Waals surface area contributed by atoms with Crippen molar-refractivity contribution in [1.29, 1.82) is 0 Å². The van der Waals surface area contributed by atoms with Gasteiger partial charge in [-0.05, 0) is 17.7 Å². The molecule has 0 atom stereocenters. The fourth-order valence-electron chi connectivity index (χ4n) is 2.13. The Labute approximate surface area is 118 Å². The van der Waals surface area contributed by atoms with Crippen LogP contribution in [0.2, 0.25) is 0 Å². The topological polar surface area (TPSA) is 34.2 Å². The van der Waals surface area contributed by atoms with Gasteiger partial charge in [0.2, 0.25) is 0 Å². The summed E-state index contributed by atoms with van der Waals surface area (Å²) in [5.74, 6) is 1.06. The maximum absolute atomic E-state index is 5.70. The Hall–Kier alpha value is -0.910. The lowest BCUT2D eigenvalue weighted by molar-refractivity contribution is 0.352. The Kier molecular flexibility index (Phi) is 3.63. The fraction of sp³-hybridized carbons (Fsp3) is 0.308. The van der Waals surface area contributed by atoms with E-state index in [-0.39, 0.29) is 0 Å². The zero-order valence-electron chi connectivity index (χ0n) is 9.78. The molecule has 2 heterocycles. The summed E-state index contributed by atoms with van der Waals surface area (Å²) < 4.78 is 6.82. The number of benzene rings is 1. The Bertz CT molecular complexity index is 542. The molecule has 0 bridgehead atoms. The number of hydrogen-bond donors (Lipinski definition) is 1. The molecular weight excluding hydrogens is 312 g/mol. The second-order valence-corrected chi connectivity index (χ2v) is 5.87. The molecule has 18 heavy (non-hydrogen) atoms. The Morgan fingerprint density at radius 2 is 2.33 bits per heavy atom. The van der Waals surface area contributed by atoms with Crippen LogP contribution in [0.5, 0.6) is 5.75 Å². The average molecular weight is 325 g/mol. The van der Waals surface area contributed by atoms with Gasteiger partial charge in [0.1, 0.15) is 5.75 Å². The predicted octanol–water partition coefficient (Wildman–Crippen LogP) is 3.13. The van der Waals surface area contributed by atoms with Crippen molar-refractivity contribution >= 4 is 27.3 Å². The molecule has 3 rings (SSSR count). The number of nitrogens with zero attached hydrogens (tertiary/aromatic N) is 1. The van der Waals surface area contributed by atoms with Crippen molar-refractivity contribution in [3.05, 3.63) is 44.3 Å². The van der Waals surface area contributed by atoms with Crippen LogP contribution >= 0.6 is 27.3 Å². The van der Waals surface area contributed by atoms with E-state index < -0.39 is 0 Å². The summed E-state index contributed by atoms with van der Waals surface area (Å²) in [5.41, 5.74) is 5.46. The van der Waals surface area contributed by atoms with E-state index in [1.165, 1.54) is 11.1 Å². The van der Waals surface area contributed by atoms with E-state index >= 15 is 0 Å². The largest absolute Gasteiger partial charge is 0.493 e. The zero-order chi connectivity index (χ0) is 12.4. The highest BCUT2D eigenvalue weighted by Gasteiger charge is 2.17. The van der Waals surface area contributed by atoms with E-state index in [9.17, 15) is 0 Å². The number of nitrogens with one attached hydrogen (secondary N) is 1. The quantitative estimate of drug-likeness (QED) is 0.938. The third kappa shape index (κ3) is 2.58. The van der Waals surface area contributed by atoms with Crippen LogP contribution in [0.1, 0.15) is 16.8 Å². The van der Waals surface area contributed by atoms with Crippen molar-refractivity contribution in [2.75, 3.05) is 6.61 Å². The van der Waals surface area contributed by atoms with E-state index in [0.717, 1.165) is 42.0 Å². The standard InChI is InChI=1S/C13H13BrN2OS/c14-11-3-9-1-2-17-13(9)10(4-11)5-15-6-12-7-18-8-16-12/h3-4,7-8,15H,1-2,5-6H2. The van der Waals surface area contributed by atoms with Crippen LogP contribution in [0.4, 0.5) is 0 Å². The normalized spacial score (nSPS) is 13.4. The highest BCUT2D eigenvalue weighted by molar-refractivity contribution is 9.10. The molecular formula is C13H13BrN2OS. The van der Waals surface area contributed by atoms with Gasteiger partial charge < -0.3 is 10.1 Å². The van der Waals surface area contributed by atoms with Gasteiger partial charge in [-0.25, -0.2) is 4.98 Å². The maximum atomic E-state index is 5.70. The minimum atomic E-state index is 0.796. The lowest BCUT2D eigenvalue weighted by Gasteiger charge is -2.09. The highest BCUT2D eigenvalue weighted by atomic mass is 79.9. The molecule has 0 amide bonds. The molecule has 1 aromatic carbocycles. The molecule has 2 aromatic rings. The first-order valence-corrected chi connectivity index (χ1v) is 7.58. The van der Waals surface area contributed by atoms with E-state index in [2.05, 4.69) is 43.7 Å². The van der Waals surface area contributed by atoms with Crippen molar-refractivity contribution in [2.24, 2.45) is 0 Å². The third-order valence-corrected chi connectivity index (χ3v) is 4.02. The van der Waals surface area contributed by atoms with Gasteiger partial charge in [0.25, 0.3) is 0 Å². The zero-order valence-corrected chi connectivity index (χ0v) is 12.2. The van der Waals surface area contributed by atoms with E-state index in [0.29, 0.717) is 0 Å². The third-order valence-electron chi connectivity index (χ3n) is 2.93. The first-order valence-electron chi connectivity index (χ1n) is 5.85. The second-order valence-electron chi connectivity index (χ2n) is 4.23. The molecule has 0 spiro atoms. The molecule has 5 heteroatoms. The number of halogens is 1. The second kappa shape index (κ2) is 5.38. The van der Waals surface area contributed by atoms with Gasteiger partial charge in [0.15, 0.2) is 0 Å². The van der Waals surface area contributed by atoms with Crippen molar-refractivity contribution in [1.82, 2.24) is 10.3 Å². The lowest BCUT2D eigenvalue weighted by atomic mass is 10.1. The average Bonchev–Trinajstić information content (AvgIpc) is 2.98. The van der Waals surface area contributed by atoms with Crippen LogP contribution in [0.3, 0.4) is 0 Å². The summed E-state index contributed by atoms with van der Waals surface area (Å²) in [6, 6.07) is 4.27. The number of aromatic nitrogens is 1. The number of hydrogen-bond acceptors (Lipinski definition) is 4. The van der Waals surface area contributed by atoms with E-state index in [1.54, 1.807) is 11.3 Å². The maximum Gasteiger partial charge on any atom is 0.127 e. The number of rotatable bonds is 4. The van der Waals surface area contributed by atoms with Crippen LogP contribution < -0.4 is 10.1 Å². The summed E-state index contributed by atoms with van der Waals surface area (Å²) in [4.78, 5) is 4.25. The summed E-state index contributed by atoms with van der Waals surface area (Å²) in [6.07, 6.45) is 1.01. The van der Waals surface area contributed by atoms with Crippen molar-refractivity contribution < 1.29 is 4.74 Å². The van der Waals surface area contributed by atoms with Crippen molar-refractivity contribution in [3.8, 4) is 5.75 Å². The predicted molar refractivity (Wildman–Crippen MR) is 76.0 cm³/mol. The first-order chi connectivity index (χ1) is 8.83. The van der Waals surface area contributed by atoms with Gasteiger partial charge in [-0.3, -0.25) is 0 Å². The van der Waals surface area contributed by atoms with Gasteiger partial charge in [0.05, 0.1) is 17.8 Å². The molecule has 0 aliphatic carbocycles. The van der Waals surface area contributed by atoms with Gasteiger partial charge >= 0.3 is 0 Å². The summed E-state index contributed by atoms with van der Waals surface area (Å²) in [6.45, 7) is 2.40. The Morgan fingerprint density at radius 1 is 1.39 bits per heavy atom. The monoisotopic (exact) mass is 324 g/mol. The SMILES string of the molecule is Brc1cc2c(c(CNCc3cscn3)c1)OCC2. The number of thiazole rings is 1. The molecule has 1 aliphatic rings. The van der Waals surface area contributed by atoms with E-state index in [4.69, 9.17) is 4.74 Å². The van der Waals surface area contributed by atoms with Gasteiger partial charge in [-0.2, -0.15) is 0 Å². The number of ether oxygens (including phenoxy) is 1.